The van der Waals surface area contributed by atoms with E-state index in [1.54, 1.807) is 6.92 Å². The summed E-state index contributed by atoms with van der Waals surface area (Å²) in [5.74, 6) is 0. The molecule has 0 aromatic rings. The Bertz CT molecular complexity index is 122. The molecule has 0 aliphatic carbocycles. The molecular formula is C8H14FI. The van der Waals surface area contributed by atoms with Crippen LogP contribution >= 0.6 is 22.6 Å². The fourth-order valence-electron chi connectivity index (χ4n) is 0.830. The van der Waals surface area contributed by atoms with Crippen LogP contribution in [0.5, 0.6) is 0 Å². The summed E-state index contributed by atoms with van der Waals surface area (Å²) >= 11 is 1.83. The van der Waals surface area contributed by atoms with Crippen molar-refractivity contribution < 1.29 is 4.39 Å². The lowest BCUT2D eigenvalue weighted by Gasteiger charge is -2.13. The molecule has 0 aliphatic rings. The lowest BCUT2D eigenvalue weighted by atomic mass is 10.1. The molecule has 0 saturated carbocycles. The third-order valence-electron chi connectivity index (χ3n) is 1.40. The Morgan fingerprint density at radius 3 is 2.30 bits per heavy atom. The highest BCUT2D eigenvalue weighted by molar-refractivity contribution is 14.1. The summed E-state index contributed by atoms with van der Waals surface area (Å²) in [6, 6.07) is 0. The lowest BCUT2D eigenvalue weighted by Crippen LogP contribution is -2.07. The second-order valence-corrected chi connectivity index (χ2v) is 4.80. The number of alkyl halides is 2. The van der Waals surface area contributed by atoms with Crippen LogP contribution < -0.4 is 0 Å². The molecule has 10 heavy (non-hydrogen) atoms. The maximum Gasteiger partial charge on any atom is 0.162 e. The van der Waals surface area contributed by atoms with Crippen molar-refractivity contribution >= 4 is 22.6 Å². The van der Waals surface area contributed by atoms with Crippen LogP contribution in [0.4, 0.5) is 4.39 Å². The van der Waals surface area contributed by atoms with Crippen LogP contribution in [-0.4, -0.2) is 3.68 Å². The van der Waals surface area contributed by atoms with Gasteiger partial charge in [-0.2, -0.15) is 0 Å². The molecule has 0 rings (SSSR count). The molecule has 0 fully saturated rings. The van der Waals surface area contributed by atoms with Crippen LogP contribution in [0.15, 0.2) is 11.6 Å². The Labute approximate surface area is 76.0 Å². The normalized spacial score (nSPS) is 18.7. The van der Waals surface area contributed by atoms with Crippen molar-refractivity contribution in [2.75, 3.05) is 0 Å². The molecule has 0 amide bonds. The summed E-state index contributed by atoms with van der Waals surface area (Å²) in [7, 11) is 0. The van der Waals surface area contributed by atoms with E-state index in [4.69, 9.17) is 0 Å². The summed E-state index contributed by atoms with van der Waals surface area (Å²) in [6.07, 6.45) is 3.51. The Hall–Kier alpha value is 0.400. The molecule has 1 atom stereocenters. The third kappa shape index (κ3) is 5.21. The fourth-order valence-corrected chi connectivity index (χ4v) is 1.32. The zero-order valence-electron chi connectivity index (χ0n) is 6.75. The van der Waals surface area contributed by atoms with Gasteiger partial charge in [0.15, 0.2) is 3.68 Å². The number of allylic oxidation sites excluding steroid dienone is 2. The summed E-state index contributed by atoms with van der Waals surface area (Å²) in [5, 5.41) is 0. The predicted molar refractivity (Wildman–Crippen MR) is 52.2 cm³/mol. The first-order valence-corrected chi connectivity index (χ1v) is 4.59. The van der Waals surface area contributed by atoms with Crippen molar-refractivity contribution in [3.8, 4) is 0 Å². The van der Waals surface area contributed by atoms with Gasteiger partial charge in [-0.15, -0.1) is 0 Å². The fraction of sp³-hybridized carbons (Fsp3) is 0.750. The Balaban J connectivity index is 3.88. The summed E-state index contributed by atoms with van der Waals surface area (Å²) in [4.78, 5) is 0. The third-order valence-corrected chi connectivity index (χ3v) is 1.78. The summed E-state index contributed by atoms with van der Waals surface area (Å²) in [6.45, 7) is 5.62. The first-order valence-electron chi connectivity index (χ1n) is 3.51. The van der Waals surface area contributed by atoms with Gasteiger partial charge < -0.3 is 0 Å². The van der Waals surface area contributed by atoms with Crippen molar-refractivity contribution in [3.63, 3.8) is 0 Å². The molecule has 0 spiro atoms. The topological polar surface area (TPSA) is 0 Å². The molecule has 0 heterocycles. The highest BCUT2D eigenvalue weighted by Gasteiger charge is 2.18. The second kappa shape index (κ2) is 4.31. The zero-order chi connectivity index (χ0) is 8.20. The van der Waals surface area contributed by atoms with Gasteiger partial charge in [-0.1, -0.05) is 18.6 Å². The number of halogens is 2. The molecule has 0 radical (unpaired) electrons. The minimum Gasteiger partial charge on any atom is -0.232 e. The highest BCUT2D eigenvalue weighted by Crippen LogP contribution is 2.28. The summed E-state index contributed by atoms with van der Waals surface area (Å²) < 4.78 is 11.9. The molecule has 2 heteroatoms. The highest BCUT2D eigenvalue weighted by atomic mass is 127. The molecule has 0 aromatic heterocycles. The van der Waals surface area contributed by atoms with Crippen molar-refractivity contribution in [2.24, 2.45) is 0 Å². The van der Waals surface area contributed by atoms with E-state index in [9.17, 15) is 4.39 Å². The van der Waals surface area contributed by atoms with E-state index >= 15 is 0 Å². The van der Waals surface area contributed by atoms with Crippen molar-refractivity contribution in [1.82, 2.24) is 0 Å². The van der Waals surface area contributed by atoms with Crippen LogP contribution in [0.3, 0.4) is 0 Å². The zero-order valence-corrected chi connectivity index (χ0v) is 8.90. The average molecular weight is 256 g/mol. The Morgan fingerprint density at radius 2 is 2.20 bits per heavy atom. The van der Waals surface area contributed by atoms with Crippen LogP contribution in [0.1, 0.15) is 33.6 Å². The minimum absolute atomic E-state index is 0.556. The smallest absolute Gasteiger partial charge is 0.162 e. The molecule has 0 bridgehead atoms. The van der Waals surface area contributed by atoms with Crippen LogP contribution in [0, 0.1) is 0 Å². The van der Waals surface area contributed by atoms with Crippen LogP contribution in [0.25, 0.3) is 0 Å². The maximum atomic E-state index is 13.0. The first-order chi connectivity index (χ1) is 4.49. The van der Waals surface area contributed by atoms with E-state index in [0.717, 1.165) is 6.42 Å². The second-order valence-electron chi connectivity index (χ2n) is 2.55. The van der Waals surface area contributed by atoms with Crippen molar-refractivity contribution in [2.45, 2.75) is 37.3 Å². The average Bonchev–Trinajstić information content (AvgIpc) is 1.81. The van der Waals surface area contributed by atoms with Crippen molar-refractivity contribution in [1.29, 1.82) is 0 Å². The van der Waals surface area contributed by atoms with Gasteiger partial charge in [0.05, 0.1) is 0 Å². The predicted octanol–water partition coefficient (Wildman–Crippen LogP) is 3.85. The molecule has 0 aliphatic heterocycles. The molecule has 0 saturated heterocycles. The molecular weight excluding hydrogens is 242 g/mol. The standard InChI is InChI=1S/C8H14FI/c1-4-7(5-2)6-8(3,9)10/h4H,5-6H2,1-3H3/b7-4+/t8-/m0/s1. The van der Waals surface area contributed by atoms with Gasteiger partial charge in [-0.25, -0.2) is 4.39 Å². The van der Waals surface area contributed by atoms with Crippen molar-refractivity contribution in [3.05, 3.63) is 11.6 Å². The van der Waals surface area contributed by atoms with E-state index in [-0.39, 0.29) is 0 Å². The van der Waals surface area contributed by atoms with Gasteiger partial charge in [-0.05, 0) is 42.9 Å². The van der Waals surface area contributed by atoms with Gasteiger partial charge in [0, 0.05) is 6.42 Å². The van der Waals surface area contributed by atoms with Gasteiger partial charge in [0.1, 0.15) is 0 Å². The van der Waals surface area contributed by atoms with Gasteiger partial charge in [-0.3, -0.25) is 0 Å². The first kappa shape index (κ1) is 10.4. The van der Waals surface area contributed by atoms with E-state index < -0.39 is 3.68 Å². The quantitative estimate of drug-likeness (QED) is 0.408. The number of hydrogen-bond donors (Lipinski definition) is 0. The van der Waals surface area contributed by atoms with Gasteiger partial charge >= 0.3 is 0 Å². The maximum absolute atomic E-state index is 13.0. The van der Waals surface area contributed by atoms with E-state index in [2.05, 4.69) is 6.92 Å². The largest absolute Gasteiger partial charge is 0.232 e. The lowest BCUT2D eigenvalue weighted by molar-refractivity contribution is 0.335. The van der Waals surface area contributed by atoms with E-state index in [1.165, 1.54) is 5.57 Å². The monoisotopic (exact) mass is 256 g/mol. The number of hydrogen-bond acceptors (Lipinski definition) is 0. The minimum atomic E-state index is -1.07. The van der Waals surface area contributed by atoms with E-state index in [0.29, 0.717) is 6.42 Å². The summed E-state index contributed by atoms with van der Waals surface area (Å²) in [5.41, 5.74) is 1.19. The molecule has 0 nitrogen and oxygen atoms in total. The van der Waals surface area contributed by atoms with Crippen LogP contribution in [0.2, 0.25) is 0 Å². The Kier molecular flexibility index (Phi) is 4.49. The SMILES string of the molecule is C/C=C(\CC)C[C@@](C)(F)I. The number of rotatable bonds is 3. The van der Waals surface area contributed by atoms with Crippen LogP contribution in [-0.2, 0) is 0 Å². The molecule has 0 N–H and O–H groups in total. The van der Waals surface area contributed by atoms with E-state index in [1.807, 2.05) is 35.6 Å². The molecule has 0 aromatic carbocycles. The Morgan fingerprint density at radius 1 is 1.70 bits per heavy atom. The van der Waals surface area contributed by atoms with Gasteiger partial charge in [0.2, 0.25) is 0 Å². The molecule has 60 valence electrons. The van der Waals surface area contributed by atoms with Gasteiger partial charge in [0.25, 0.3) is 0 Å². The molecule has 0 unspecified atom stereocenters.